The molecule has 98 valence electrons. The van der Waals surface area contributed by atoms with Crippen LogP contribution in [0.1, 0.15) is 19.4 Å². The van der Waals surface area contributed by atoms with E-state index in [2.05, 4.69) is 15.9 Å². The maximum absolute atomic E-state index is 12.0. The molecule has 1 heterocycles. The van der Waals surface area contributed by atoms with Gasteiger partial charge in [-0.3, -0.25) is 4.79 Å². The van der Waals surface area contributed by atoms with Crippen LogP contribution >= 0.6 is 15.9 Å². The molecule has 0 unspecified atom stereocenters. The Hall–Kier alpha value is -0.870. The number of carbonyl (C=O) groups excluding carboxylic acids is 1. The first-order chi connectivity index (χ1) is 8.40. The van der Waals surface area contributed by atoms with Crippen LogP contribution in [0.2, 0.25) is 0 Å². The molecule has 0 saturated carbocycles. The highest BCUT2D eigenvalue weighted by Gasteiger charge is 2.45. The Labute approximate surface area is 116 Å². The normalized spacial score (nSPS) is 17.7. The Balaban J connectivity index is 1.89. The number of halogens is 1. The zero-order valence-corrected chi connectivity index (χ0v) is 12.3. The average Bonchev–Trinajstić information content (AvgIpc) is 2.27. The molecule has 1 aromatic rings. The minimum atomic E-state index is -0.685. The van der Waals surface area contributed by atoms with E-state index < -0.39 is 5.60 Å². The SMILES string of the molecule is CC(C)C1(O)CN(C(=O)Cc2ccc(Br)cc2)C1. The second-order valence-corrected chi connectivity index (χ2v) is 6.23. The molecule has 18 heavy (non-hydrogen) atoms. The summed E-state index contributed by atoms with van der Waals surface area (Å²) in [6.07, 6.45) is 0.404. The average molecular weight is 312 g/mol. The predicted molar refractivity (Wildman–Crippen MR) is 74.2 cm³/mol. The van der Waals surface area contributed by atoms with Crippen LogP contribution in [0.5, 0.6) is 0 Å². The van der Waals surface area contributed by atoms with E-state index in [1.807, 2.05) is 38.1 Å². The number of carbonyl (C=O) groups is 1. The van der Waals surface area contributed by atoms with E-state index >= 15 is 0 Å². The third-order valence-corrected chi connectivity index (χ3v) is 4.15. The molecule has 2 rings (SSSR count). The van der Waals surface area contributed by atoms with Gasteiger partial charge < -0.3 is 10.0 Å². The fourth-order valence-corrected chi connectivity index (χ4v) is 2.31. The van der Waals surface area contributed by atoms with Crippen LogP contribution in [0, 0.1) is 5.92 Å². The van der Waals surface area contributed by atoms with Gasteiger partial charge in [-0.05, 0) is 23.6 Å². The zero-order chi connectivity index (χ0) is 13.3. The lowest BCUT2D eigenvalue weighted by atomic mass is 9.83. The Kier molecular flexibility index (Phi) is 3.78. The van der Waals surface area contributed by atoms with Gasteiger partial charge in [0.05, 0.1) is 19.5 Å². The Bertz CT molecular complexity index is 436. The van der Waals surface area contributed by atoms with Crippen molar-refractivity contribution in [3.8, 4) is 0 Å². The maximum atomic E-state index is 12.0. The van der Waals surface area contributed by atoms with E-state index in [9.17, 15) is 9.90 Å². The number of hydrogen-bond donors (Lipinski definition) is 1. The predicted octanol–water partition coefficient (Wildman–Crippen LogP) is 2.22. The van der Waals surface area contributed by atoms with Crippen molar-refractivity contribution in [3.63, 3.8) is 0 Å². The molecule has 0 spiro atoms. The van der Waals surface area contributed by atoms with Crippen molar-refractivity contribution >= 4 is 21.8 Å². The molecule has 3 nitrogen and oxygen atoms in total. The second kappa shape index (κ2) is 5.02. The summed E-state index contributed by atoms with van der Waals surface area (Å²) >= 11 is 3.37. The molecule has 4 heteroatoms. The van der Waals surface area contributed by atoms with Crippen LogP contribution in [-0.2, 0) is 11.2 Å². The first kappa shape index (κ1) is 13.6. The smallest absolute Gasteiger partial charge is 0.227 e. The molecule has 1 fully saturated rings. The van der Waals surface area contributed by atoms with E-state index in [0.717, 1.165) is 10.0 Å². The number of amides is 1. The lowest BCUT2D eigenvalue weighted by Gasteiger charge is -2.49. The minimum absolute atomic E-state index is 0.0858. The van der Waals surface area contributed by atoms with Gasteiger partial charge in [-0.1, -0.05) is 41.9 Å². The number of β-amino-alcohol motifs (C(OH)–C–C–N with tert-alkyl or cyclic N) is 1. The van der Waals surface area contributed by atoms with Gasteiger partial charge in [0.25, 0.3) is 0 Å². The third-order valence-electron chi connectivity index (χ3n) is 3.63. The summed E-state index contributed by atoms with van der Waals surface area (Å²) in [6, 6.07) is 7.75. The van der Waals surface area contributed by atoms with Crippen LogP contribution in [-0.4, -0.2) is 34.6 Å². The first-order valence-electron chi connectivity index (χ1n) is 6.15. The van der Waals surface area contributed by atoms with Gasteiger partial charge in [-0.15, -0.1) is 0 Å². The van der Waals surface area contributed by atoms with Crippen molar-refractivity contribution in [2.75, 3.05) is 13.1 Å². The van der Waals surface area contributed by atoms with E-state index in [0.29, 0.717) is 19.5 Å². The van der Waals surface area contributed by atoms with Gasteiger partial charge in [0.1, 0.15) is 5.60 Å². The standard InChI is InChI=1S/C14H18BrNO2/c1-10(2)14(18)8-16(9-14)13(17)7-11-3-5-12(15)6-4-11/h3-6,10,18H,7-9H2,1-2H3. The lowest BCUT2D eigenvalue weighted by molar-refractivity contribution is -0.163. The van der Waals surface area contributed by atoms with E-state index in [-0.39, 0.29) is 11.8 Å². The molecule has 1 saturated heterocycles. The van der Waals surface area contributed by atoms with Gasteiger partial charge >= 0.3 is 0 Å². The van der Waals surface area contributed by atoms with Crippen LogP contribution in [0.4, 0.5) is 0 Å². The lowest BCUT2D eigenvalue weighted by Crippen LogP contribution is -2.66. The number of rotatable bonds is 3. The van der Waals surface area contributed by atoms with Crippen molar-refractivity contribution in [1.82, 2.24) is 4.90 Å². The molecule has 0 bridgehead atoms. The molecule has 1 amide bonds. The summed E-state index contributed by atoms with van der Waals surface area (Å²) in [5, 5.41) is 10.1. The molecule has 0 aromatic heterocycles. The van der Waals surface area contributed by atoms with Gasteiger partial charge in [0.2, 0.25) is 5.91 Å². The van der Waals surface area contributed by atoms with Crippen LogP contribution in [0.3, 0.4) is 0 Å². The molecular weight excluding hydrogens is 294 g/mol. The van der Waals surface area contributed by atoms with Gasteiger partial charge in [-0.25, -0.2) is 0 Å². The van der Waals surface area contributed by atoms with Crippen LogP contribution in [0.15, 0.2) is 28.7 Å². The van der Waals surface area contributed by atoms with E-state index in [4.69, 9.17) is 0 Å². The van der Waals surface area contributed by atoms with Crippen molar-refractivity contribution in [2.45, 2.75) is 25.9 Å². The van der Waals surface area contributed by atoms with Gasteiger partial charge in [-0.2, -0.15) is 0 Å². The molecule has 1 aromatic carbocycles. The summed E-state index contributed by atoms with van der Waals surface area (Å²) in [6.45, 7) is 4.88. The summed E-state index contributed by atoms with van der Waals surface area (Å²) in [5.74, 6) is 0.275. The second-order valence-electron chi connectivity index (χ2n) is 5.31. The Morgan fingerprint density at radius 3 is 2.44 bits per heavy atom. The Morgan fingerprint density at radius 2 is 1.94 bits per heavy atom. The fourth-order valence-electron chi connectivity index (χ4n) is 2.04. The number of aliphatic hydroxyl groups is 1. The van der Waals surface area contributed by atoms with Crippen molar-refractivity contribution in [1.29, 1.82) is 0 Å². The summed E-state index contributed by atoms with van der Waals surface area (Å²) in [7, 11) is 0. The van der Waals surface area contributed by atoms with E-state index in [1.54, 1.807) is 4.90 Å². The van der Waals surface area contributed by atoms with Gasteiger partial charge in [0.15, 0.2) is 0 Å². The summed E-state index contributed by atoms with van der Waals surface area (Å²) in [4.78, 5) is 13.7. The quantitative estimate of drug-likeness (QED) is 0.930. The number of benzene rings is 1. The molecule has 1 aliphatic heterocycles. The highest BCUT2D eigenvalue weighted by atomic mass is 79.9. The van der Waals surface area contributed by atoms with Crippen LogP contribution in [0.25, 0.3) is 0 Å². The summed E-state index contributed by atoms with van der Waals surface area (Å²) < 4.78 is 1.01. The zero-order valence-electron chi connectivity index (χ0n) is 10.7. The third kappa shape index (κ3) is 2.75. The number of likely N-dealkylation sites (tertiary alicyclic amines) is 1. The molecular formula is C14H18BrNO2. The molecule has 1 N–H and O–H groups in total. The fraction of sp³-hybridized carbons (Fsp3) is 0.500. The highest BCUT2D eigenvalue weighted by molar-refractivity contribution is 9.10. The largest absolute Gasteiger partial charge is 0.386 e. The molecule has 0 radical (unpaired) electrons. The monoisotopic (exact) mass is 311 g/mol. The van der Waals surface area contributed by atoms with Crippen molar-refractivity contribution < 1.29 is 9.90 Å². The van der Waals surface area contributed by atoms with Crippen molar-refractivity contribution in [3.05, 3.63) is 34.3 Å². The minimum Gasteiger partial charge on any atom is -0.386 e. The number of nitrogens with zero attached hydrogens (tertiary/aromatic N) is 1. The van der Waals surface area contributed by atoms with E-state index in [1.165, 1.54) is 0 Å². The maximum Gasteiger partial charge on any atom is 0.227 e. The highest BCUT2D eigenvalue weighted by Crippen LogP contribution is 2.29. The molecule has 0 aliphatic carbocycles. The van der Waals surface area contributed by atoms with Gasteiger partial charge in [0, 0.05) is 4.47 Å². The molecule has 0 atom stereocenters. The molecule has 1 aliphatic rings. The van der Waals surface area contributed by atoms with Crippen LogP contribution < -0.4 is 0 Å². The number of hydrogen-bond acceptors (Lipinski definition) is 2. The Morgan fingerprint density at radius 1 is 1.39 bits per heavy atom. The van der Waals surface area contributed by atoms with Crippen molar-refractivity contribution in [2.24, 2.45) is 5.92 Å². The topological polar surface area (TPSA) is 40.5 Å². The first-order valence-corrected chi connectivity index (χ1v) is 6.94. The summed E-state index contributed by atoms with van der Waals surface area (Å²) in [5.41, 5.74) is 0.318.